The highest BCUT2D eigenvalue weighted by molar-refractivity contribution is 6.44. The maximum absolute atomic E-state index is 12.3. The van der Waals surface area contributed by atoms with Crippen molar-refractivity contribution in [2.75, 3.05) is 13.7 Å². The van der Waals surface area contributed by atoms with Crippen LogP contribution in [0, 0.1) is 5.92 Å². The number of Topliss-reactive ketones (excluding diaryl/α,β-unsaturated/α-hetero) is 1. The molecule has 2 rings (SSSR count). The van der Waals surface area contributed by atoms with Crippen LogP contribution >= 0.6 is 23.2 Å². The summed E-state index contributed by atoms with van der Waals surface area (Å²) in [6, 6.07) is 4.52. The summed E-state index contributed by atoms with van der Waals surface area (Å²) in [5.41, 5.74) is 0.395. The topological polar surface area (TPSA) is 55.4 Å². The average Bonchev–Trinajstić information content (AvgIpc) is 2.90. The Morgan fingerprint density at radius 1 is 1.37 bits per heavy atom. The van der Waals surface area contributed by atoms with Gasteiger partial charge in [-0.2, -0.15) is 0 Å². The minimum Gasteiger partial charge on any atom is -0.468 e. The molecule has 2 unspecified atom stereocenters. The Morgan fingerprint density at radius 2 is 2.11 bits per heavy atom. The van der Waals surface area contributed by atoms with Gasteiger partial charge in [0.05, 0.1) is 17.2 Å². The first-order valence-corrected chi connectivity index (χ1v) is 6.59. The van der Waals surface area contributed by atoms with E-state index in [2.05, 4.69) is 10.1 Å². The summed E-state index contributed by atoms with van der Waals surface area (Å²) < 4.78 is 4.65. The molecular weight excluding hydrogens is 289 g/mol. The number of carbonyl (C=O) groups excluding carboxylic acids is 2. The van der Waals surface area contributed by atoms with Crippen molar-refractivity contribution >= 4 is 35.0 Å². The Hall–Kier alpha value is -1.10. The first-order valence-electron chi connectivity index (χ1n) is 5.84. The summed E-state index contributed by atoms with van der Waals surface area (Å²) in [4.78, 5) is 23.7. The maximum Gasteiger partial charge on any atom is 0.322 e. The molecule has 1 fully saturated rings. The van der Waals surface area contributed by atoms with Crippen LogP contribution in [0.4, 0.5) is 0 Å². The highest BCUT2D eigenvalue weighted by Gasteiger charge is 2.35. The number of esters is 1. The molecule has 0 saturated carbocycles. The van der Waals surface area contributed by atoms with Crippen LogP contribution in [0.15, 0.2) is 18.2 Å². The van der Waals surface area contributed by atoms with E-state index in [1.165, 1.54) is 7.11 Å². The lowest BCUT2D eigenvalue weighted by Crippen LogP contribution is -2.31. The largest absolute Gasteiger partial charge is 0.468 e. The number of ether oxygens (including phenoxy) is 1. The fraction of sp³-hybridized carbons (Fsp3) is 0.385. The van der Waals surface area contributed by atoms with Gasteiger partial charge in [-0.15, -0.1) is 0 Å². The van der Waals surface area contributed by atoms with E-state index in [-0.39, 0.29) is 22.7 Å². The molecule has 102 valence electrons. The Kier molecular flexibility index (Phi) is 4.45. The van der Waals surface area contributed by atoms with E-state index in [0.29, 0.717) is 23.6 Å². The van der Waals surface area contributed by atoms with E-state index < -0.39 is 6.04 Å². The van der Waals surface area contributed by atoms with Crippen LogP contribution in [0.25, 0.3) is 0 Å². The van der Waals surface area contributed by atoms with Crippen molar-refractivity contribution in [3.8, 4) is 0 Å². The molecule has 0 amide bonds. The number of rotatable bonds is 3. The number of hydrogen-bond acceptors (Lipinski definition) is 4. The van der Waals surface area contributed by atoms with E-state index in [9.17, 15) is 9.59 Å². The van der Waals surface area contributed by atoms with Crippen molar-refractivity contribution in [3.05, 3.63) is 33.8 Å². The second-order valence-corrected chi connectivity index (χ2v) is 5.17. The van der Waals surface area contributed by atoms with Crippen LogP contribution in [-0.4, -0.2) is 31.4 Å². The molecule has 0 spiro atoms. The average molecular weight is 302 g/mol. The molecule has 1 heterocycles. The highest BCUT2D eigenvalue weighted by Crippen LogP contribution is 2.29. The number of hydrogen-bond donors (Lipinski definition) is 1. The molecule has 1 aliphatic heterocycles. The predicted molar refractivity (Wildman–Crippen MR) is 72.7 cm³/mol. The van der Waals surface area contributed by atoms with Crippen LogP contribution in [-0.2, 0) is 9.53 Å². The SMILES string of the molecule is COC(=O)C1CC(C(=O)c2cccc(Cl)c2Cl)CN1. The number of ketones is 1. The molecule has 1 saturated heterocycles. The van der Waals surface area contributed by atoms with E-state index >= 15 is 0 Å². The minimum absolute atomic E-state index is 0.105. The Bertz CT molecular complexity index is 519. The van der Waals surface area contributed by atoms with E-state index in [0.717, 1.165) is 0 Å². The number of halogens is 2. The lowest BCUT2D eigenvalue weighted by Gasteiger charge is -2.10. The third-order valence-electron chi connectivity index (χ3n) is 3.20. The van der Waals surface area contributed by atoms with Crippen LogP contribution in [0.3, 0.4) is 0 Å². The lowest BCUT2D eigenvalue weighted by atomic mass is 9.95. The Labute approximate surface area is 121 Å². The van der Waals surface area contributed by atoms with Gasteiger partial charge in [0, 0.05) is 18.0 Å². The minimum atomic E-state index is -0.433. The van der Waals surface area contributed by atoms with Gasteiger partial charge < -0.3 is 10.1 Å². The number of nitrogens with one attached hydrogen (secondary N) is 1. The van der Waals surface area contributed by atoms with Gasteiger partial charge in [-0.05, 0) is 18.6 Å². The van der Waals surface area contributed by atoms with Gasteiger partial charge in [-0.1, -0.05) is 29.3 Å². The molecule has 2 atom stereocenters. The van der Waals surface area contributed by atoms with Gasteiger partial charge >= 0.3 is 5.97 Å². The molecule has 19 heavy (non-hydrogen) atoms. The first-order chi connectivity index (χ1) is 9.04. The fourth-order valence-electron chi connectivity index (χ4n) is 2.17. The summed E-state index contributed by atoms with van der Waals surface area (Å²) in [6.07, 6.45) is 0.411. The molecule has 0 bridgehead atoms. The molecule has 0 aromatic heterocycles. The molecule has 6 heteroatoms. The van der Waals surface area contributed by atoms with Crippen LogP contribution < -0.4 is 5.32 Å². The smallest absolute Gasteiger partial charge is 0.322 e. The summed E-state index contributed by atoms with van der Waals surface area (Å²) in [7, 11) is 1.33. The van der Waals surface area contributed by atoms with Gasteiger partial charge in [-0.3, -0.25) is 9.59 Å². The summed E-state index contributed by atoms with van der Waals surface area (Å²) in [5, 5.41) is 3.58. The Morgan fingerprint density at radius 3 is 2.79 bits per heavy atom. The summed E-state index contributed by atoms with van der Waals surface area (Å²) >= 11 is 11.9. The van der Waals surface area contributed by atoms with Gasteiger partial charge in [0.2, 0.25) is 0 Å². The second-order valence-electron chi connectivity index (χ2n) is 4.38. The van der Waals surface area contributed by atoms with E-state index in [4.69, 9.17) is 23.2 Å². The summed E-state index contributed by atoms with van der Waals surface area (Å²) in [6.45, 7) is 0.432. The van der Waals surface area contributed by atoms with Crippen molar-refractivity contribution in [1.29, 1.82) is 0 Å². The highest BCUT2D eigenvalue weighted by atomic mass is 35.5. The van der Waals surface area contributed by atoms with Gasteiger partial charge in [0.1, 0.15) is 6.04 Å². The van der Waals surface area contributed by atoms with Gasteiger partial charge in [-0.25, -0.2) is 0 Å². The molecule has 1 aromatic carbocycles. The zero-order valence-electron chi connectivity index (χ0n) is 10.3. The number of benzene rings is 1. The molecular formula is C13H13Cl2NO3. The predicted octanol–water partition coefficient (Wildman–Crippen LogP) is 2.33. The van der Waals surface area contributed by atoms with Crippen molar-refractivity contribution in [1.82, 2.24) is 5.32 Å². The standard InChI is InChI=1S/C13H13Cl2NO3/c1-19-13(18)10-5-7(6-16-10)12(17)8-3-2-4-9(14)11(8)15/h2-4,7,10,16H,5-6H2,1H3. The van der Waals surface area contributed by atoms with Crippen molar-refractivity contribution in [3.63, 3.8) is 0 Å². The monoisotopic (exact) mass is 301 g/mol. The maximum atomic E-state index is 12.3. The van der Waals surface area contributed by atoms with Crippen molar-refractivity contribution in [2.24, 2.45) is 5.92 Å². The number of methoxy groups -OCH3 is 1. The zero-order valence-corrected chi connectivity index (χ0v) is 11.8. The first kappa shape index (κ1) is 14.3. The molecule has 1 aliphatic rings. The fourth-order valence-corrected chi connectivity index (χ4v) is 2.56. The van der Waals surface area contributed by atoms with Crippen LogP contribution in [0.1, 0.15) is 16.8 Å². The second kappa shape index (κ2) is 5.90. The van der Waals surface area contributed by atoms with Gasteiger partial charge in [0.25, 0.3) is 0 Å². The molecule has 1 aromatic rings. The third kappa shape index (κ3) is 2.91. The van der Waals surface area contributed by atoms with Gasteiger partial charge in [0.15, 0.2) is 5.78 Å². The normalized spacial score (nSPS) is 22.3. The lowest BCUT2D eigenvalue weighted by molar-refractivity contribution is -0.142. The number of carbonyl (C=O) groups is 2. The molecule has 4 nitrogen and oxygen atoms in total. The van der Waals surface area contributed by atoms with Crippen LogP contribution in [0.2, 0.25) is 10.0 Å². The summed E-state index contributed by atoms with van der Waals surface area (Å²) in [5.74, 6) is -0.751. The molecule has 1 N–H and O–H groups in total. The van der Waals surface area contributed by atoms with Crippen molar-refractivity contribution < 1.29 is 14.3 Å². The molecule has 0 radical (unpaired) electrons. The van der Waals surface area contributed by atoms with Crippen molar-refractivity contribution in [2.45, 2.75) is 12.5 Å². The zero-order chi connectivity index (χ0) is 14.0. The van der Waals surface area contributed by atoms with Crippen LogP contribution in [0.5, 0.6) is 0 Å². The quantitative estimate of drug-likeness (QED) is 0.688. The van der Waals surface area contributed by atoms with E-state index in [1.807, 2.05) is 0 Å². The Balaban J connectivity index is 2.14. The third-order valence-corrected chi connectivity index (χ3v) is 4.02. The molecule has 0 aliphatic carbocycles. The van der Waals surface area contributed by atoms with E-state index in [1.54, 1.807) is 18.2 Å².